The summed E-state index contributed by atoms with van der Waals surface area (Å²) in [6, 6.07) is 7.29. The van der Waals surface area contributed by atoms with E-state index in [1.807, 2.05) is 24.3 Å². The molecule has 0 amide bonds. The van der Waals surface area contributed by atoms with Crippen LogP contribution in [0.4, 0.5) is 5.69 Å². The van der Waals surface area contributed by atoms with Crippen LogP contribution in [0.15, 0.2) is 24.3 Å². The van der Waals surface area contributed by atoms with Gasteiger partial charge in [0.25, 0.3) is 0 Å². The number of anilines is 1. The van der Waals surface area contributed by atoms with Crippen molar-refractivity contribution < 1.29 is 14.6 Å². The Kier molecular flexibility index (Phi) is 3.42. The van der Waals surface area contributed by atoms with E-state index in [0.717, 1.165) is 11.4 Å². The third-order valence-electron chi connectivity index (χ3n) is 2.82. The molecule has 0 bridgehead atoms. The topological polar surface area (TPSA) is 49.8 Å². The van der Waals surface area contributed by atoms with Crippen molar-refractivity contribution in [2.45, 2.75) is 19.4 Å². The van der Waals surface area contributed by atoms with Gasteiger partial charge in [-0.1, -0.05) is 0 Å². The second-order valence-corrected chi connectivity index (χ2v) is 4.12. The van der Waals surface area contributed by atoms with Gasteiger partial charge in [0.2, 0.25) is 0 Å². The zero-order valence-electron chi connectivity index (χ0n) is 10.0. The van der Waals surface area contributed by atoms with Crippen LogP contribution in [0.3, 0.4) is 0 Å². The summed E-state index contributed by atoms with van der Waals surface area (Å²) in [7, 11) is 3.36. The van der Waals surface area contributed by atoms with E-state index in [0.29, 0.717) is 0 Å². The number of rotatable bonds is 4. The predicted octanol–water partition coefficient (Wildman–Crippen LogP) is 1.99. The second-order valence-electron chi connectivity index (χ2n) is 4.12. The van der Waals surface area contributed by atoms with Crippen molar-refractivity contribution in [1.29, 1.82) is 0 Å². The molecule has 0 aliphatic heterocycles. The fraction of sp³-hybridized carbons (Fsp3) is 0.417. The standard InChI is InChI=1S/C12H17NO3/c1-12(2,11(14)15)13(3)9-5-7-10(16-4)8-6-9/h5-8H,1-4H3,(H,14,15). The number of methoxy groups -OCH3 is 1. The number of hydrogen-bond donors (Lipinski definition) is 1. The van der Waals surface area contributed by atoms with Crippen LogP contribution < -0.4 is 9.64 Å². The Morgan fingerprint density at radius 3 is 2.19 bits per heavy atom. The number of carboxylic acid groups (broad SMARTS) is 1. The highest BCUT2D eigenvalue weighted by molar-refractivity contribution is 5.82. The van der Waals surface area contributed by atoms with Crippen molar-refractivity contribution in [3.05, 3.63) is 24.3 Å². The summed E-state index contributed by atoms with van der Waals surface area (Å²) in [6.07, 6.45) is 0. The quantitative estimate of drug-likeness (QED) is 0.848. The molecule has 4 nitrogen and oxygen atoms in total. The summed E-state index contributed by atoms with van der Waals surface area (Å²) in [5.41, 5.74) is -0.0950. The van der Waals surface area contributed by atoms with Crippen molar-refractivity contribution in [2.24, 2.45) is 0 Å². The van der Waals surface area contributed by atoms with Crippen LogP contribution >= 0.6 is 0 Å². The third-order valence-corrected chi connectivity index (χ3v) is 2.82. The van der Waals surface area contributed by atoms with Gasteiger partial charge in [-0.15, -0.1) is 0 Å². The minimum Gasteiger partial charge on any atom is -0.497 e. The summed E-state index contributed by atoms with van der Waals surface area (Å²) in [5.74, 6) is -0.101. The first-order chi connectivity index (χ1) is 7.39. The number of hydrogen-bond acceptors (Lipinski definition) is 3. The SMILES string of the molecule is COc1ccc(N(C)C(C)(C)C(=O)O)cc1. The molecule has 0 fully saturated rings. The second kappa shape index (κ2) is 4.43. The number of nitrogens with zero attached hydrogens (tertiary/aromatic N) is 1. The number of carboxylic acids is 1. The van der Waals surface area contributed by atoms with Gasteiger partial charge in [0, 0.05) is 12.7 Å². The molecule has 0 heterocycles. The minimum atomic E-state index is -0.936. The minimum absolute atomic E-state index is 0.755. The number of carbonyl (C=O) groups is 1. The van der Waals surface area contributed by atoms with Crippen LogP contribution in [-0.2, 0) is 4.79 Å². The Balaban J connectivity index is 2.96. The molecule has 1 aromatic rings. The van der Waals surface area contributed by atoms with Crippen LogP contribution in [0.2, 0.25) is 0 Å². The summed E-state index contributed by atoms with van der Waals surface area (Å²) < 4.78 is 5.05. The third kappa shape index (κ3) is 2.27. The van der Waals surface area contributed by atoms with Crippen molar-refractivity contribution in [3.63, 3.8) is 0 Å². The first-order valence-electron chi connectivity index (χ1n) is 5.01. The van der Waals surface area contributed by atoms with Gasteiger partial charge in [-0.25, -0.2) is 4.79 Å². The monoisotopic (exact) mass is 223 g/mol. The molecule has 0 aromatic heterocycles. The lowest BCUT2D eigenvalue weighted by Crippen LogP contribution is -2.48. The number of benzene rings is 1. The van der Waals surface area contributed by atoms with Crippen LogP contribution in [0.5, 0.6) is 5.75 Å². The molecule has 0 aliphatic rings. The Morgan fingerprint density at radius 2 is 1.81 bits per heavy atom. The van der Waals surface area contributed by atoms with Gasteiger partial charge < -0.3 is 14.7 Å². The largest absolute Gasteiger partial charge is 0.497 e. The highest BCUT2D eigenvalue weighted by Crippen LogP contribution is 2.24. The smallest absolute Gasteiger partial charge is 0.328 e. The molecule has 0 radical (unpaired) electrons. The fourth-order valence-electron chi connectivity index (χ4n) is 1.27. The maximum absolute atomic E-state index is 11.1. The molecule has 0 saturated carbocycles. The van der Waals surface area contributed by atoms with Crippen molar-refractivity contribution in [3.8, 4) is 5.75 Å². The number of aliphatic carboxylic acids is 1. The lowest BCUT2D eigenvalue weighted by atomic mass is 10.0. The molecule has 0 saturated heterocycles. The average Bonchev–Trinajstić information content (AvgIpc) is 2.28. The van der Waals surface area contributed by atoms with Gasteiger partial charge in [0.05, 0.1) is 7.11 Å². The normalized spacial score (nSPS) is 11.0. The van der Waals surface area contributed by atoms with Crippen LogP contribution in [0, 0.1) is 0 Å². The van der Waals surface area contributed by atoms with Crippen LogP contribution in [0.25, 0.3) is 0 Å². The van der Waals surface area contributed by atoms with Crippen molar-refractivity contribution >= 4 is 11.7 Å². The highest BCUT2D eigenvalue weighted by Gasteiger charge is 2.32. The average molecular weight is 223 g/mol. The molecular formula is C12H17NO3. The van der Waals surface area contributed by atoms with Gasteiger partial charge in [0.15, 0.2) is 0 Å². The van der Waals surface area contributed by atoms with E-state index >= 15 is 0 Å². The van der Waals surface area contributed by atoms with Gasteiger partial charge in [-0.3, -0.25) is 0 Å². The summed E-state index contributed by atoms with van der Waals surface area (Å²) >= 11 is 0. The van der Waals surface area contributed by atoms with Crippen LogP contribution in [-0.4, -0.2) is 30.8 Å². The first kappa shape index (κ1) is 12.4. The summed E-state index contributed by atoms with van der Waals surface area (Å²) in [5, 5.41) is 9.11. The molecule has 1 aromatic carbocycles. The van der Waals surface area contributed by atoms with E-state index in [-0.39, 0.29) is 0 Å². The fourth-order valence-corrected chi connectivity index (χ4v) is 1.27. The first-order valence-corrected chi connectivity index (χ1v) is 5.01. The molecule has 16 heavy (non-hydrogen) atoms. The molecule has 4 heteroatoms. The van der Waals surface area contributed by atoms with Gasteiger partial charge in [0.1, 0.15) is 11.3 Å². The van der Waals surface area contributed by atoms with E-state index in [1.54, 1.807) is 32.9 Å². The zero-order valence-corrected chi connectivity index (χ0v) is 10.0. The molecule has 88 valence electrons. The molecule has 0 unspecified atom stereocenters. The van der Waals surface area contributed by atoms with Gasteiger partial charge in [-0.05, 0) is 38.1 Å². The molecule has 1 N–H and O–H groups in total. The van der Waals surface area contributed by atoms with Gasteiger partial charge >= 0.3 is 5.97 Å². The molecule has 0 spiro atoms. The number of ether oxygens (including phenoxy) is 1. The summed E-state index contributed by atoms with van der Waals surface area (Å²) in [6.45, 7) is 3.33. The predicted molar refractivity (Wildman–Crippen MR) is 63.1 cm³/mol. The van der Waals surface area contributed by atoms with Crippen molar-refractivity contribution in [1.82, 2.24) is 0 Å². The maximum Gasteiger partial charge on any atom is 0.328 e. The Hall–Kier alpha value is -1.71. The van der Waals surface area contributed by atoms with E-state index in [2.05, 4.69) is 0 Å². The van der Waals surface area contributed by atoms with Crippen molar-refractivity contribution in [2.75, 3.05) is 19.1 Å². The molecule has 1 rings (SSSR count). The zero-order chi connectivity index (χ0) is 12.3. The Bertz CT molecular complexity index is 370. The van der Waals surface area contributed by atoms with E-state index in [9.17, 15) is 4.79 Å². The van der Waals surface area contributed by atoms with E-state index < -0.39 is 11.5 Å². The Morgan fingerprint density at radius 1 is 1.31 bits per heavy atom. The number of likely N-dealkylation sites (N-methyl/N-ethyl adjacent to an activating group) is 1. The van der Waals surface area contributed by atoms with Gasteiger partial charge in [-0.2, -0.15) is 0 Å². The highest BCUT2D eigenvalue weighted by atomic mass is 16.5. The molecular weight excluding hydrogens is 206 g/mol. The molecule has 0 aliphatic carbocycles. The Labute approximate surface area is 95.5 Å². The summed E-state index contributed by atoms with van der Waals surface area (Å²) in [4.78, 5) is 12.8. The lowest BCUT2D eigenvalue weighted by molar-refractivity contribution is -0.142. The van der Waals surface area contributed by atoms with Crippen LogP contribution in [0.1, 0.15) is 13.8 Å². The van der Waals surface area contributed by atoms with E-state index in [4.69, 9.17) is 9.84 Å². The van der Waals surface area contributed by atoms with E-state index in [1.165, 1.54) is 0 Å². The maximum atomic E-state index is 11.1. The lowest BCUT2D eigenvalue weighted by Gasteiger charge is -2.33. The molecule has 0 atom stereocenters.